The Hall–Kier alpha value is -3.60. The van der Waals surface area contributed by atoms with Crippen LogP contribution in [-0.2, 0) is 20.6 Å². The van der Waals surface area contributed by atoms with Crippen molar-refractivity contribution in [2.24, 2.45) is 19.2 Å². The Morgan fingerprint density at radius 3 is 2.62 bits per heavy atom. The van der Waals surface area contributed by atoms with E-state index in [4.69, 9.17) is 9.47 Å². The second kappa shape index (κ2) is 8.19. The van der Waals surface area contributed by atoms with Crippen molar-refractivity contribution < 1.29 is 14.6 Å². The van der Waals surface area contributed by atoms with Gasteiger partial charge < -0.3 is 19.1 Å². The molecule has 0 radical (unpaired) electrons. The molecular formula is C18H22N6O5. The predicted octanol–water partition coefficient (Wildman–Crippen LogP) is -0.111. The maximum atomic E-state index is 12.6. The summed E-state index contributed by atoms with van der Waals surface area (Å²) >= 11 is 0. The Balaban J connectivity index is 2.03. The molecule has 0 bridgehead atoms. The van der Waals surface area contributed by atoms with Gasteiger partial charge in [0.15, 0.2) is 11.2 Å². The lowest BCUT2D eigenvalue weighted by Crippen LogP contribution is -2.37. The van der Waals surface area contributed by atoms with Crippen LogP contribution in [0.3, 0.4) is 0 Å². The molecule has 0 atom stereocenters. The molecule has 0 unspecified atom stereocenters. The number of aryl methyl sites for hydroxylation is 1. The zero-order valence-electron chi connectivity index (χ0n) is 16.5. The molecule has 2 heterocycles. The summed E-state index contributed by atoms with van der Waals surface area (Å²) in [7, 11) is 6.01. The van der Waals surface area contributed by atoms with E-state index >= 15 is 0 Å². The molecule has 0 spiro atoms. The molecule has 11 heteroatoms. The summed E-state index contributed by atoms with van der Waals surface area (Å²) in [5.41, 5.74) is 2.86. The summed E-state index contributed by atoms with van der Waals surface area (Å²) in [4.78, 5) is 29.0. The predicted molar refractivity (Wildman–Crippen MR) is 108 cm³/mol. The van der Waals surface area contributed by atoms with Crippen molar-refractivity contribution in [1.82, 2.24) is 18.7 Å². The molecule has 0 saturated heterocycles. The number of nitrogens with zero attached hydrogens (tertiary/aromatic N) is 5. The van der Waals surface area contributed by atoms with Crippen LogP contribution in [0, 0.1) is 0 Å². The van der Waals surface area contributed by atoms with Gasteiger partial charge in [-0.05, 0) is 12.1 Å². The van der Waals surface area contributed by atoms with Crippen molar-refractivity contribution in [3.8, 4) is 11.5 Å². The Labute approximate surface area is 165 Å². The Morgan fingerprint density at radius 1 is 1.21 bits per heavy atom. The van der Waals surface area contributed by atoms with Crippen LogP contribution in [0.15, 0.2) is 32.9 Å². The van der Waals surface area contributed by atoms with Crippen LogP contribution < -0.4 is 26.1 Å². The van der Waals surface area contributed by atoms with Gasteiger partial charge in [-0.3, -0.25) is 13.9 Å². The van der Waals surface area contributed by atoms with Crippen LogP contribution in [0.25, 0.3) is 11.2 Å². The van der Waals surface area contributed by atoms with E-state index in [2.05, 4.69) is 15.5 Å². The lowest BCUT2D eigenvalue weighted by atomic mass is 10.2. The number of hydrogen-bond donors (Lipinski definition) is 2. The number of rotatable bonds is 7. The fourth-order valence-electron chi connectivity index (χ4n) is 2.93. The van der Waals surface area contributed by atoms with Crippen LogP contribution in [0.1, 0.15) is 5.56 Å². The second-order valence-electron chi connectivity index (χ2n) is 6.17. The number of hydrogen-bond acceptors (Lipinski definition) is 8. The molecule has 2 N–H and O–H groups in total. The van der Waals surface area contributed by atoms with Crippen LogP contribution in [0.4, 0.5) is 5.95 Å². The van der Waals surface area contributed by atoms with E-state index in [1.165, 1.54) is 36.6 Å². The SMILES string of the molecule is COc1ccc(/C=N/Nc2nc3c(c(=O)n(C)c(=O)n3C)n2CCO)c(OC)c1. The molecule has 154 valence electrons. The van der Waals surface area contributed by atoms with Crippen LogP contribution in [0.2, 0.25) is 0 Å². The van der Waals surface area contributed by atoms with Crippen molar-refractivity contribution in [3.63, 3.8) is 0 Å². The van der Waals surface area contributed by atoms with Crippen molar-refractivity contribution in [3.05, 3.63) is 44.6 Å². The lowest BCUT2D eigenvalue weighted by molar-refractivity contribution is 0.278. The van der Waals surface area contributed by atoms with Gasteiger partial charge in [-0.2, -0.15) is 10.1 Å². The summed E-state index contributed by atoms with van der Waals surface area (Å²) in [5, 5.41) is 13.6. The van der Waals surface area contributed by atoms with Crippen molar-refractivity contribution in [1.29, 1.82) is 0 Å². The molecule has 1 aromatic carbocycles. The molecule has 3 aromatic rings. The number of benzene rings is 1. The van der Waals surface area contributed by atoms with E-state index in [0.29, 0.717) is 17.1 Å². The lowest BCUT2D eigenvalue weighted by Gasteiger charge is -2.08. The highest BCUT2D eigenvalue weighted by atomic mass is 16.5. The monoisotopic (exact) mass is 402 g/mol. The van der Waals surface area contributed by atoms with Gasteiger partial charge in [-0.15, -0.1) is 0 Å². The molecule has 0 aliphatic rings. The molecule has 29 heavy (non-hydrogen) atoms. The number of aromatic nitrogens is 4. The standard InChI is InChI=1S/C18H22N6O5/c1-22-15-14(16(26)23(2)18(22)27)24(7-8-25)17(20-15)21-19-10-11-5-6-12(28-3)9-13(11)29-4/h5-6,9-10,25H,7-8H2,1-4H3,(H,20,21)/b19-10+. The number of nitrogens with one attached hydrogen (secondary N) is 1. The van der Waals surface area contributed by atoms with Gasteiger partial charge in [0.1, 0.15) is 11.5 Å². The topological polar surface area (TPSA) is 125 Å². The number of fused-ring (bicyclic) bond motifs is 1. The normalized spacial score (nSPS) is 11.3. The molecule has 0 saturated carbocycles. The molecule has 0 amide bonds. The van der Waals surface area contributed by atoms with E-state index in [1.54, 1.807) is 25.3 Å². The van der Waals surface area contributed by atoms with Crippen LogP contribution >= 0.6 is 0 Å². The fraction of sp³-hybridized carbons (Fsp3) is 0.333. The van der Waals surface area contributed by atoms with E-state index in [1.807, 2.05) is 0 Å². The summed E-state index contributed by atoms with van der Waals surface area (Å²) < 4.78 is 14.2. The minimum absolute atomic E-state index is 0.105. The number of hydrazone groups is 1. The third-order valence-corrected chi connectivity index (χ3v) is 4.48. The number of aliphatic hydroxyl groups is 1. The first kappa shape index (κ1) is 20.1. The van der Waals surface area contributed by atoms with Gasteiger partial charge in [-0.1, -0.05) is 0 Å². The highest BCUT2D eigenvalue weighted by Gasteiger charge is 2.18. The highest BCUT2D eigenvalue weighted by Crippen LogP contribution is 2.23. The first-order chi connectivity index (χ1) is 13.9. The summed E-state index contributed by atoms with van der Waals surface area (Å²) in [6.07, 6.45) is 1.53. The van der Waals surface area contributed by atoms with Gasteiger partial charge in [0, 0.05) is 32.3 Å². The number of aliphatic hydroxyl groups excluding tert-OH is 1. The smallest absolute Gasteiger partial charge is 0.332 e. The zero-order valence-corrected chi connectivity index (χ0v) is 16.5. The van der Waals surface area contributed by atoms with Gasteiger partial charge in [0.2, 0.25) is 5.95 Å². The van der Waals surface area contributed by atoms with Gasteiger partial charge in [0.05, 0.1) is 27.0 Å². The molecule has 0 aliphatic heterocycles. The zero-order chi connectivity index (χ0) is 21.1. The first-order valence-electron chi connectivity index (χ1n) is 8.71. The fourth-order valence-corrected chi connectivity index (χ4v) is 2.93. The molecular weight excluding hydrogens is 380 g/mol. The minimum Gasteiger partial charge on any atom is -0.497 e. The van der Waals surface area contributed by atoms with Gasteiger partial charge in [0.25, 0.3) is 5.56 Å². The van der Waals surface area contributed by atoms with Crippen molar-refractivity contribution in [2.45, 2.75) is 6.54 Å². The second-order valence-corrected chi connectivity index (χ2v) is 6.17. The van der Waals surface area contributed by atoms with E-state index in [0.717, 1.165) is 4.57 Å². The average molecular weight is 402 g/mol. The molecule has 3 rings (SSSR count). The third kappa shape index (κ3) is 3.59. The maximum absolute atomic E-state index is 12.6. The van der Waals surface area contributed by atoms with Gasteiger partial charge >= 0.3 is 5.69 Å². The molecule has 2 aromatic heterocycles. The van der Waals surface area contributed by atoms with Crippen molar-refractivity contribution in [2.75, 3.05) is 26.3 Å². The van der Waals surface area contributed by atoms with Crippen LogP contribution in [0.5, 0.6) is 11.5 Å². The third-order valence-electron chi connectivity index (χ3n) is 4.48. The van der Waals surface area contributed by atoms with Crippen molar-refractivity contribution >= 4 is 23.3 Å². The first-order valence-corrected chi connectivity index (χ1v) is 8.71. The largest absolute Gasteiger partial charge is 0.497 e. The number of ether oxygens (including phenoxy) is 2. The Kier molecular flexibility index (Phi) is 5.69. The summed E-state index contributed by atoms with van der Waals surface area (Å²) in [6.45, 7) is -0.115. The molecule has 11 nitrogen and oxygen atoms in total. The number of imidazole rings is 1. The molecule has 0 fully saturated rings. The Bertz CT molecular complexity index is 1190. The maximum Gasteiger partial charge on any atom is 0.332 e. The Morgan fingerprint density at radius 2 is 1.97 bits per heavy atom. The summed E-state index contributed by atoms with van der Waals surface area (Å²) in [5.74, 6) is 1.43. The molecule has 0 aliphatic carbocycles. The highest BCUT2D eigenvalue weighted by molar-refractivity contribution is 5.84. The van der Waals surface area contributed by atoms with E-state index in [-0.39, 0.29) is 30.3 Å². The number of anilines is 1. The summed E-state index contributed by atoms with van der Waals surface area (Å²) in [6, 6.07) is 5.27. The average Bonchev–Trinajstić information content (AvgIpc) is 3.09. The minimum atomic E-state index is -0.502. The van der Waals surface area contributed by atoms with Crippen LogP contribution in [-0.4, -0.2) is 50.8 Å². The van der Waals surface area contributed by atoms with E-state index in [9.17, 15) is 14.7 Å². The van der Waals surface area contributed by atoms with Gasteiger partial charge in [-0.25, -0.2) is 10.2 Å². The number of methoxy groups -OCH3 is 2. The quantitative estimate of drug-likeness (QED) is 0.417. The van der Waals surface area contributed by atoms with E-state index < -0.39 is 11.2 Å².